The Labute approximate surface area is 66.8 Å². The number of rotatable bonds is 0. The zero-order valence-electron chi connectivity index (χ0n) is 7.15. The number of fused-ring (bicyclic) bond motifs is 1. The quantitative estimate of drug-likeness (QED) is 0.543. The number of nitrogens with zero attached hydrogens (tertiary/aromatic N) is 1. The van der Waals surface area contributed by atoms with Gasteiger partial charge in [-0.3, -0.25) is 0 Å². The highest BCUT2D eigenvalue weighted by atomic mass is 19.1. The lowest BCUT2D eigenvalue weighted by Crippen LogP contribution is -2.40. The van der Waals surface area contributed by atoms with E-state index in [1.54, 1.807) is 0 Å². The van der Waals surface area contributed by atoms with Gasteiger partial charge in [0.1, 0.15) is 5.67 Å². The summed E-state index contributed by atoms with van der Waals surface area (Å²) in [5.41, 5.74) is -1.11. The topological polar surface area (TPSA) is 15.3 Å². The third-order valence-corrected chi connectivity index (χ3v) is 3.14. The molecule has 2 atom stereocenters. The monoisotopic (exact) mass is 158 g/mol. The third-order valence-electron chi connectivity index (χ3n) is 3.14. The summed E-state index contributed by atoms with van der Waals surface area (Å²) < 4.78 is 14.0. The van der Waals surface area contributed by atoms with Crippen LogP contribution in [0, 0.1) is 5.41 Å². The van der Waals surface area contributed by atoms with Gasteiger partial charge in [0.15, 0.2) is 0 Å². The predicted molar refractivity (Wildman–Crippen MR) is 42.3 cm³/mol. The first kappa shape index (κ1) is 7.50. The van der Waals surface area contributed by atoms with Crippen molar-refractivity contribution in [3.05, 3.63) is 0 Å². The summed E-state index contributed by atoms with van der Waals surface area (Å²) in [5, 5.41) is 3.12. The number of halogens is 1. The van der Waals surface area contributed by atoms with Crippen LogP contribution in [-0.4, -0.2) is 43.8 Å². The van der Waals surface area contributed by atoms with Gasteiger partial charge in [-0.25, -0.2) is 4.39 Å². The Bertz CT molecular complexity index is 167. The lowest BCUT2D eigenvalue weighted by Gasteiger charge is -2.26. The number of likely N-dealkylation sites (tertiary alicyclic amines) is 1. The van der Waals surface area contributed by atoms with Crippen LogP contribution in [0.15, 0.2) is 0 Å². The molecular formula is C8H15FN2. The van der Waals surface area contributed by atoms with Gasteiger partial charge in [-0.15, -0.1) is 0 Å². The lowest BCUT2D eigenvalue weighted by molar-refractivity contribution is 0.106. The number of alkyl halides is 1. The van der Waals surface area contributed by atoms with Crippen LogP contribution in [0.5, 0.6) is 0 Å². The van der Waals surface area contributed by atoms with Crippen molar-refractivity contribution in [1.82, 2.24) is 10.2 Å². The molecule has 0 spiro atoms. The molecule has 11 heavy (non-hydrogen) atoms. The largest absolute Gasteiger partial charge is 0.313 e. The van der Waals surface area contributed by atoms with Gasteiger partial charge in [0.25, 0.3) is 0 Å². The maximum absolute atomic E-state index is 14.0. The second kappa shape index (κ2) is 1.96. The molecule has 2 fully saturated rings. The molecule has 0 saturated carbocycles. The van der Waals surface area contributed by atoms with E-state index in [1.807, 2.05) is 14.0 Å². The summed E-state index contributed by atoms with van der Waals surface area (Å²) in [6.45, 7) is 4.88. The van der Waals surface area contributed by atoms with Crippen LogP contribution < -0.4 is 5.32 Å². The van der Waals surface area contributed by atoms with Crippen LogP contribution in [0.25, 0.3) is 0 Å². The van der Waals surface area contributed by atoms with E-state index in [2.05, 4.69) is 10.2 Å². The molecule has 0 aromatic rings. The molecule has 1 N–H and O–H groups in total. The number of hydrogen-bond donors (Lipinski definition) is 1. The van der Waals surface area contributed by atoms with Crippen molar-refractivity contribution < 1.29 is 4.39 Å². The predicted octanol–water partition coefficient (Wildman–Crippen LogP) is 0.250. The minimum absolute atomic E-state index is 0.137. The highest BCUT2D eigenvalue weighted by Crippen LogP contribution is 2.43. The second-order valence-corrected chi connectivity index (χ2v) is 4.30. The molecule has 2 aliphatic rings. The van der Waals surface area contributed by atoms with E-state index >= 15 is 0 Å². The van der Waals surface area contributed by atoms with Gasteiger partial charge in [0, 0.05) is 31.6 Å². The van der Waals surface area contributed by atoms with E-state index in [1.165, 1.54) is 0 Å². The first-order valence-corrected chi connectivity index (χ1v) is 4.14. The molecule has 0 radical (unpaired) electrons. The van der Waals surface area contributed by atoms with Crippen molar-refractivity contribution >= 4 is 0 Å². The normalized spacial score (nSPS) is 51.5. The van der Waals surface area contributed by atoms with Crippen molar-refractivity contribution in [2.24, 2.45) is 5.41 Å². The van der Waals surface area contributed by atoms with E-state index < -0.39 is 5.67 Å². The van der Waals surface area contributed by atoms with Crippen LogP contribution in [-0.2, 0) is 0 Å². The highest BCUT2D eigenvalue weighted by Gasteiger charge is 2.57. The minimum Gasteiger partial charge on any atom is -0.313 e. The van der Waals surface area contributed by atoms with Gasteiger partial charge in [-0.1, -0.05) is 6.92 Å². The Morgan fingerprint density at radius 3 is 2.73 bits per heavy atom. The van der Waals surface area contributed by atoms with Crippen LogP contribution in [0.2, 0.25) is 0 Å². The van der Waals surface area contributed by atoms with Gasteiger partial charge in [0.2, 0.25) is 0 Å². The molecule has 64 valence electrons. The summed E-state index contributed by atoms with van der Waals surface area (Å²) in [7, 11) is 1.99. The minimum atomic E-state index is -0.970. The van der Waals surface area contributed by atoms with Crippen molar-refractivity contribution in [3.63, 3.8) is 0 Å². The fourth-order valence-corrected chi connectivity index (χ4v) is 2.43. The van der Waals surface area contributed by atoms with Crippen molar-refractivity contribution in [2.75, 3.05) is 33.2 Å². The van der Waals surface area contributed by atoms with E-state index in [4.69, 9.17) is 0 Å². The molecule has 0 bridgehead atoms. The smallest absolute Gasteiger partial charge is 0.143 e. The summed E-state index contributed by atoms with van der Waals surface area (Å²) in [5.74, 6) is 0. The highest BCUT2D eigenvalue weighted by molar-refractivity contribution is 5.11. The lowest BCUT2D eigenvalue weighted by atomic mass is 9.81. The van der Waals surface area contributed by atoms with Gasteiger partial charge < -0.3 is 10.2 Å². The molecule has 2 saturated heterocycles. The maximum Gasteiger partial charge on any atom is 0.143 e. The second-order valence-electron chi connectivity index (χ2n) is 4.30. The molecule has 0 amide bonds. The molecule has 2 nitrogen and oxygen atoms in total. The molecule has 3 heteroatoms. The van der Waals surface area contributed by atoms with Gasteiger partial charge in [-0.05, 0) is 7.05 Å². The average Bonchev–Trinajstić information content (AvgIpc) is 2.16. The fraction of sp³-hybridized carbons (Fsp3) is 1.00. The average molecular weight is 158 g/mol. The molecule has 0 aromatic carbocycles. The first-order valence-electron chi connectivity index (χ1n) is 4.14. The third kappa shape index (κ3) is 0.842. The standard InChI is InChI=1S/C8H15FN2/c1-7-3-10-4-8(7,9)6-11(2)5-7/h10H,3-6H2,1-2H3/t7-,8-/m1/s1. The summed E-state index contributed by atoms with van der Waals surface area (Å²) in [6, 6.07) is 0. The Morgan fingerprint density at radius 1 is 1.36 bits per heavy atom. The zero-order valence-corrected chi connectivity index (χ0v) is 7.15. The zero-order chi connectivity index (χ0) is 8.11. The van der Waals surface area contributed by atoms with Gasteiger partial charge >= 0.3 is 0 Å². The Balaban J connectivity index is 2.28. The van der Waals surface area contributed by atoms with E-state index in [0.717, 1.165) is 13.1 Å². The molecule has 2 aliphatic heterocycles. The SMILES string of the molecule is CN1C[C@@]2(C)CNC[C@@]2(F)C1. The van der Waals surface area contributed by atoms with Gasteiger partial charge in [-0.2, -0.15) is 0 Å². The molecule has 0 aromatic heterocycles. The van der Waals surface area contributed by atoms with E-state index in [9.17, 15) is 4.39 Å². The van der Waals surface area contributed by atoms with E-state index in [0.29, 0.717) is 13.1 Å². The fourth-order valence-electron chi connectivity index (χ4n) is 2.43. The Morgan fingerprint density at radius 2 is 2.09 bits per heavy atom. The van der Waals surface area contributed by atoms with Crippen molar-refractivity contribution in [1.29, 1.82) is 0 Å². The maximum atomic E-state index is 14.0. The van der Waals surface area contributed by atoms with Crippen LogP contribution in [0.1, 0.15) is 6.92 Å². The molecule has 2 rings (SSSR count). The Hall–Kier alpha value is -0.150. The van der Waals surface area contributed by atoms with Crippen LogP contribution >= 0.6 is 0 Å². The van der Waals surface area contributed by atoms with Crippen molar-refractivity contribution in [3.8, 4) is 0 Å². The van der Waals surface area contributed by atoms with E-state index in [-0.39, 0.29) is 5.41 Å². The van der Waals surface area contributed by atoms with Crippen molar-refractivity contribution in [2.45, 2.75) is 12.6 Å². The molecule has 0 aliphatic carbocycles. The molecule has 0 unspecified atom stereocenters. The number of nitrogens with one attached hydrogen (secondary N) is 1. The summed E-state index contributed by atoms with van der Waals surface area (Å²) in [6.07, 6.45) is 0. The molecular weight excluding hydrogens is 143 g/mol. The molecule has 2 heterocycles. The summed E-state index contributed by atoms with van der Waals surface area (Å²) >= 11 is 0. The van der Waals surface area contributed by atoms with Crippen LogP contribution in [0.3, 0.4) is 0 Å². The van der Waals surface area contributed by atoms with Gasteiger partial charge in [0.05, 0.1) is 0 Å². The van der Waals surface area contributed by atoms with Crippen LogP contribution in [0.4, 0.5) is 4.39 Å². The number of hydrogen-bond acceptors (Lipinski definition) is 2. The summed E-state index contributed by atoms with van der Waals surface area (Å²) in [4.78, 5) is 2.08. The first-order chi connectivity index (χ1) is 5.06. The Kier molecular flexibility index (Phi) is 1.33.